The Morgan fingerprint density at radius 3 is 2.85 bits per heavy atom. The first kappa shape index (κ1) is 18.8. The van der Waals surface area contributed by atoms with Gasteiger partial charge in [0.25, 0.3) is 0 Å². The molecule has 3 aromatic rings. The molecule has 0 aliphatic carbocycles. The van der Waals surface area contributed by atoms with Gasteiger partial charge in [0.1, 0.15) is 21.5 Å². The standard InChI is InChI=1S/C19H20FN3OS2/c1-4-6-15-22-18(17-11(2)12(3)26-19(17)23-15)25-10-16(24)21-14-8-5-7-13(20)9-14/h5,7-9H,4,6,10H2,1-3H3,(H,21,24). The van der Waals surface area contributed by atoms with Gasteiger partial charge in [0.05, 0.1) is 5.75 Å². The van der Waals surface area contributed by atoms with Crippen molar-refractivity contribution >= 4 is 44.9 Å². The van der Waals surface area contributed by atoms with Gasteiger partial charge in [0.2, 0.25) is 5.91 Å². The van der Waals surface area contributed by atoms with Crippen LogP contribution in [0, 0.1) is 19.7 Å². The molecule has 0 atom stereocenters. The molecular formula is C19H20FN3OS2. The lowest BCUT2D eigenvalue weighted by Gasteiger charge is -2.08. The van der Waals surface area contributed by atoms with Gasteiger partial charge in [-0.15, -0.1) is 11.3 Å². The van der Waals surface area contributed by atoms with Crippen LogP contribution in [-0.2, 0) is 11.2 Å². The highest BCUT2D eigenvalue weighted by Gasteiger charge is 2.16. The molecule has 4 nitrogen and oxygen atoms in total. The number of thioether (sulfide) groups is 1. The normalized spacial score (nSPS) is 11.1. The number of carbonyl (C=O) groups excluding carboxylic acids is 1. The molecule has 0 spiro atoms. The fourth-order valence-corrected chi connectivity index (χ4v) is 4.61. The minimum atomic E-state index is -0.374. The Kier molecular flexibility index (Phi) is 5.88. The van der Waals surface area contributed by atoms with E-state index in [9.17, 15) is 9.18 Å². The van der Waals surface area contributed by atoms with E-state index in [0.29, 0.717) is 5.69 Å². The minimum absolute atomic E-state index is 0.186. The second-order valence-electron chi connectivity index (χ2n) is 6.01. The molecule has 136 valence electrons. The van der Waals surface area contributed by atoms with E-state index in [4.69, 9.17) is 0 Å². The molecule has 26 heavy (non-hydrogen) atoms. The SMILES string of the molecule is CCCc1nc(SCC(=O)Nc2cccc(F)c2)c2c(C)c(C)sc2n1. The summed E-state index contributed by atoms with van der Waals surface area (Å²) >= 11 is 3.06. The van der Waals surface area contributed by atoms with Crippen molar-refractivity contribution in [3.8, 4) is 0 Å². The van der Waals surface area contributed by atoms with Gasteiger partial charge < -0.3 is 5.32 Å². The van der Waals surface area contributed by atoms with Gasteiger partial charge in [-0.3, -0.25) is 4.79 Å². The summed E-state index contributed by atoms with van der Waals surface area (Å²) in [7, 11) is 0. The zero-order valence-electron chi connectivity index (χ0n) is 14.9. The number of hydrogen-bond donors (Lipinski definition) is 1. The van der Waals surface area contributed by atoms with E-state index in [1.54, 1.807) is 23.5 Å². The average Bonchev–Trinajstić information content (AvgIpc) is 2.87. The van der Waals surface area contributed by atoms with Crippen LogP contribution in [0.3, 0.4) is 0 Å². The lowest BCUT2D eigenvalue weighted by molar-refractivity contribution is -0.113. The zero-order chi connectivity index (χ0) is 18.7. The van der Waals surface area contributed by atoms with E-state index in [-0.39, 0.29) is 17.5 Å². The van der Waals surface area contributed by atoms with Crippen LogP contribution in [0.1, 0.15) is 29.6 Å². The summed E-state index contributed by atoms with van der Waals surface area (Å²) in [6, 6.07) is 5.89. The molecule has 0 bridgehead atoms. The van der Waals surface area contributed by atoms with Crippen molar-refractivity contribution < 1.29 is 9.18 Å². The van der Waals surface area contributed by atoms with Crippen molar-refractivity contribution in [2.75, 3.05) is 11.1 Å². The largest absolute Gasteiger partial charge is 0.325 e. The number of aryl methyl sites for hydroxylation is 3. The molecule has 2 aromatic heterocycles. The molecule has 1 N–H and O–H groups in total. The van der Waals surface area contributed by atoms with Crippen LogP contribution in [0.4, 0.5) is 10.1 Å². The number of fused-ring (bicyclic) bond motifs is 1. The summed E-state index contributed by atoms with van der Waals surface area (Å²) in [5.74, 6) is 0.465. The van der Waals surface area contributed by atoms with Crippen LogP contribution in [-0.4, -0.2) is 21.6 Å². The number of carbonyl (C=O) groups is 1. The van der Waals surface area contributed by atoms with Crippen molar-refractivity contribution in [2.45, 2.75) is 38.6 Å². The molecule has 0 fully saturated rings. The molecule has 0 aliphatic rings. The Labute approximate surface area is 160 Å². The molecular weight excluding hydrogens is 369 g/mol. The number of rotatable bonds is 6. The maximum absolute atomic E-state index is 13.2. The molecule has 1 aromatic carbocycles. The number of nitrogens with one attached hydrogen (secondary N) is 1. The summed E-state index contributed by atoms with van der Waals surface area (Å²) in [5.41, 5.74) is 1.62. The van der Waals surface area contributed by atoms with Crippen LogP contribution >= 0.6 is 23.1 Å². The van der Waals surface area contributed by atoms with Crippen molar-refractivity contribution in [3.63, 3.8) is 0 Å². The van der Waals surface area contributed by atoms with E-state index in [2.05, 4.69) is 36.1 Å². The van der Waals surface area contributed by atoms with Gasteiger partial charge in [-0.05, 0) is 44.0 Å². The highest BCUT2D eigenvalue weighted by Crippen LogP contribution is 2.35. The molecule has 0 unspecified atom stereocenters. The Balaban J connectivity index is 1.80. The fourth-order valence-electron chi connectivity index (χ4n) is 2.59. The predicted octanol–water partition coefficient (Wildman–Crippen LogP) is 5.13. The first-order valence-corrected chi connectivity index (χ1v) is 10.2. The number of hydrogen-bond acceptors (Lipinski definition) is 5. The summed E-state index contributed by atoms with van der Waals surface area (Å²) in [6.45, 7) is 6.23. The van der Waals surface area contributed by atoms with E-state index < -0.39 is 0 Å². The minimum Gasteiger partial charge on any atom is -0.325 e. The monoisotopic (exact) mass is 389 g/mol. The van der Waals surface area contributed by atoms with Gasteiger partial charge in [-0.2, -0.15) is 0 Å². The van der Waals surface area contributed by atoms with E-state index in [1.807, 2.05) is 0 Å². The Hall–Kier alpha value is -1.99. The summed E-state index contributed by atoms with van der Waals surface area (Å²) < 4.78 is 13.2. The first-order chi connectivity index (χ1) is 12.5. The number of aromatic nitrogens is 2. The number of thiophene rings is 1. The second-order valence-corrected chi connectivity index (χ2v) is 8.17. The highest BCUT2D eigenvalue weighted by molar-refractivity contribution is 8.00. The van der Waals surface area contributed by atoms with Crippen LogP contribution in [0.5, 0.6) is 0 Å². The van der Waals surface area contributed by atoms with Crippen LogP contribution in [0.15, 0.2) is 29.3 Å². The van der Waals surface area contributed by atoms with E-state index in [0.717, 1.165) is 33.9 Å². The Morgan fingerprint density at radius 2 is 2.12 bits per heavy atom. The van der Waals surface area contributed by atoms with Gasteiger partial charge in [-0.25, -0.2) is 14.4 Å². The van der Waals surface area contributed by atoms with Crippen LogP contribution < -0.4 is 5.32 Å². The quantitative estimate of drug-likeness (QED) is 0.469. The number of benzene rings is 1. The third kappa shape index (κ3) is 4.22. The topological polar surface area (TPSA) is 54.9 Å². The summed E-state index contributed by atoms with van der Waals surface area (Å²) in [6.07, 6.45) is 1.79. The van der Waals surface area contributed by atoms with Crippen molar-refractivity contribution in [3.05, 3.63) is 46.3 Å². The van der Waals surface area contributed by atoms with Gasteiger partial charge in [0, 0.05) is 22.4 Å². The maximum atomic E-state index is 13.2. The van der Waals surface area contributed by atoms with Crippen LogP contribution in [0.2, 0.25) is 0 Å². The van der Waals surface area contributed by atoms with Gasteiger partial charge in [-0.1, -0.05) is 24.8 Å². The van der Waals surface area contributed by atoms with Gasteiger partial charge in [0.15, 0.2) is 0 Å². The smallest absolute Gasteiger partial charge is 0.234 e. The lowest BCUT2D eigenvalue weighted by Crippen LogP contribution is -2.14. The maximum Gasteiger partial charge on any atom is 0.234 e. The Bertz CT molecular complexity index is 955. The number of anilines is 1. The molecule has 3 rings (SSSR count). The van der Waals surface area contributed by atoms with E-state index in [1.165, 1.54) is 34.3 Å². The van der Waals surface area contributed by atoms with Crippen molar-refractivity contribution in [2.24, 2.45) is 0 Å². The third-order valence-electron chi connectivity index (χ3n) is 3.96. The first-order valence-electron chi connectivity index (χ1n) is 8.42. The lowest BCUT2D eigenvalue weighted by atomic mass is 10.2. The Morgan fingerprint density at radius 1 is 1.31 bits per heavy atom. The molecule has 2 heterocycles. The molecule has 1 amide bonds. The summed E-state index contributed by atoms with van der Waals surface area (Å²) in [4.78, 5) is 23.8. The van der Waals surface area contributed by atoms with Crippen molar-refractivity contribution in [1.82, 2.24) is 9.97 Å². The number of nitrogens with zero attached hydrogens (tertiary/aromatic N) is 2. The van der Waals surface area contributed by atoms with Gasteiger partial charge >= 0.3 is 0 Å². The zero-order valence-corrected chi connectivity index (χ0v) is 16.6. The molecule has 0 aliphatic heterocycles. The second kappa shape index (κ2) is 8.14. The molecule has 0 saturated heterocycles. The fraction of sp³-hybridized carbons (Fsp3) is 0.316. The highest BCUT2D eigenvalue weighted by atomic mass is 32.2. The average molecular weight is 390 g/mol. The van der Waals surface area contributed by atoms with E-state index >= 15 is 0 Å². The van der Waals surface area contributed by atoms with Crippen molar-refractivity contribution in [1.29, 1.82) is 0 Å². The number of amides is 1. The number of halogens is 1. The molecule has 7 heteroatoms. The summed E-state index contributed by atoms with van der Waals surface area (Å²) in [5, 5.41) is 4.60. The predicted molar refractivity (Wildman–Crippen MR) is 107 cm³/mol. The molecule has 0 saturated carbocycles. The molecule has 0 radical (unpaired) electrons. The third-order valence-corrected chi connectivity index (χ3v) is 6.04. The van der Waals surface area contributed by atoms with Crippen LogP contribution in [0.25, 0.3) is 10.2 Å².